The fraction of sp³-hybridized carbons (Fsp3) is 0.125. The summed E-state index contributed by atoms with van der Waals surface area (Å²) in [7, 11) is 0. The van der Waals surface area contributed by atoms with Crippen molar-refractivity contribution in [2.75, 3.05) is 6.26 Å². The van der Waals surface area contributed by atoms with Crippen LogP contribution in [0.1, 0.15) is 10.4 Å². The van der Waals surface area contributed by atoms with Crippen LogP contribution in [0.4, 0.5) is 4.39 Å². The van der Waals surface area contributed by atoms with E-state index in [1.807, 2.05) is 0 Å². The number of carbonyl (C=O) groups is 1. The first-order valence-corrected chi connectivity index (χ1v) is 4.78. The average molecular weight is 205 g/mol. The molecule has 1 rings (SSSR count). The van der Waals surface area contributed by atoms with Crippen molar-refractivity contribution in [2.24, 2.45) is 0 Å². The summed E-state index contributed by atoms with van der Waals surface area (Å²) in [5.74, 6) is -0.391. The van der Waals surface area contributed by atoms with Crippen molar-refractivity contribution >= 4 is 29.6 Å². The van der Waals surface area contributed by atoms with Crippen molar-refractivity contribution in [1.29, 1.82) is 0 Å². The quantitative estimate of drug-likeness (QED) is 0.544. The third kappa shape index (κ3) is 1.62. The van der Waals surface area contributed by atoms with Gasteiger partial charge < -0.3 is 0 Å². The Kier molecular flexibility index (Phi) is 3.12. The molecule has 0 heterocycles. The largest absolute Gasteiger partial charge is 0.298 e. The van der Waals surface area contributed by atoms with Gasteiger partial charge in [-0.05, 0) is 18.4 Å². The van der Waals surface area contributed by atoms with Gasteiger partial charge in [-0.3, -0.25) is 4.79 Å². The molecule has 0 aromatic heterocycles. The summed E-state index contributed by atoms with van der Waals surface area (Å²) in [6.07, 6.45) is 2.32. The molecule has 0 unspecified atom stereocenters. The van der Waals surface area contributed by atoms with E-state index in [2.05, 4.69) is 0 Å². The van der Waals surface area contributed by atoms with Gasteiger partial charge in [0.1, 0.15) is 5.82 Å². The van der Waals surface area contributed by atoms with Crippen LogP contribution in [0.25, 0.3) is 0 Å². The third-order valence-corrected chi connectivity index (χ3v) is 2.74. The smallest absolute Gasteiger partial charge is 0.151 e. The van der Waals surface area contributed by atoms with E-state index in [4.69, 9.17) is 11.6 Å². The highest BCUT2D eigenvalue weighted by molar-refractivity contribution is 7.98. The van der Waals surface area contributed by atoms with Crippen LogP contribution in [-0.2, 0) is 0 Å². The monoisotopic (exact) mass is 204 g/mol. The zero-order valence-electron chi connectivity index (χ0n) is 6.30. The van der Waals surface area contributed by atoms with Gasteiger partial charge in [-0.2, -0.15) is 0 Å². The zero-order chi connectivity index (χ0) is 9.14. The predicted octanol–water partition coefficient (Wildman–Crippen LogP) is 3.01. The van der Waals surface area contributed by atoms with Crippen molar-refractivity contribution in [1.82, 2.24) is 0 Å². The molecule has 4 heteroatoms. The van der Waals surface area contributed by atoms with Crippen molar-refractivity contribution in [2.45, 2.75) is 4.90 Å². The van der Waals surface area contributed by atoms with E-state index in [9.17, 15) is 9.18 Å². The number of thioether (sulfide) groups is 1. The highest BCUT2D eigenvalue weighted by Gasteiger charge is 2.09. The summed E-state index contributed by atoms with van der Waals surface area (Å²) < 4.78 is 12.9. The molecule has 0 amide bonds. The summed E-state index contributed by atoms with van der Waals surface area (Å²) in [6.45, 7) is 0. The van der Waals surface area contributed by atoms with Crippen molar-refractivity contribution < 1.29 is 9.18 Å². The second-order valence-corrected chi connectivity index (χ2v) is 3.30. The Morgan fingerprint density at radius 1 is 1.58 bits per heavy atom. The van der Waals surface area contributed by atoms with E-state index in [1.54, 1.807) is 6.26 Å². The molecule has 0 radical (unpaired) electrons. The molecule has 0 saturated heterocycles. The van der Waals surface area contributed by atoms with Gasteiger partial charge in [0.15, 0.2) is 6.29 Å². The lowest BCUT2D eigenvalue weighted by Gasteiger charge is -2.03. The summed E-state index contributed by atoms with van der Waals surface area (Å²) in [5, 5.41) is 0.192. The lowest BCUT2D eigenvalue weighted by atomic mass is 10.2. The molecule has 0 saturated carbocycles. The number of hydrogen-bond donors (Lipinski definition) is 0. The molecule has 1 aromatic carbocycles. The van der Waals surface area contributed by atoms with Gasteiger partial charge >= 0.3 is 0 Å². The lowest BCUT2D eigenvalue weighted by molar-refractivity contribution is 0.112. The van der Waals surface area contributed by atoms with Gasteiger partial charge in [-0.25, -0.2) is 4.39 Å². The van der Waals surface area contributed by atoms with E-state index < -0.39 is 5.82 Å². The molecule has 64 valence electrons. The van der Waals surface area contributed by atoms with E-state index in [-0.39, 0.29) is 5.02 Å². The summed E-state index contributed by atoms with van der Waals surface area (Å²) in [4.78, 5) is 10.7. The fourth-order valence-corrected chi connectivity index (χ4v) is 1.82. The van der Waals surface area contributed by atoms with Gasteiger partial charge in [0.25, 0.3) is 0 Å². The Labute approximate surface area is 78.9 Å². The topological polar surface area (TPSA) is 17.1 Å². The van der Waals surface area contributed by atoms with E-state index in [1.165, 1.54) is 23.9 Å². The standard InChI is InChI=1S/C8H6ClFOS/c1-12-8-6(10)3-2-5(4-11)7(8)9/h2-4H,1H3. The van der Waals surface area contributed by atoms with Gasteiger partial charge in [0.05, 0.1) is 9.92 Å². The number of aldehydes is 1. The fourth-order valence-electron chi connectivity index (χ4n) is 0.826. The van der Waals surface area contributed by atoms with Gasteiger partial charge in [0.2, 0.25) is 0 Å². The minimum Gasteiger partial charge on any atom is -0.298 e. The first-order valence-electron chi connectivity index (χ1n) is 3.18. The minimum atomic E-state index is -0.391. The maximum Gasteiger partial charge on any atom is 0.151 e. The molecule has 0 atom stereocenters. The van der Waals surface area contributed by atoms with Crippen LogP contribution in [0.3, 0.4) is 0 Å². The molecule has 0 fully saturated rings. The first kappa shape index (κ1) is 9.55. The first-order chi connectivity index (χ1) is 5.70. The molecule has 0 bridgehead atoms. The predicted molar refractivity (Wildman–Crippen MR) is 48.6 cm³/mol. The molecule has 0 aliphatic carbocycles. The number of halogens is 2. The molecule has 0 spiro atoms. The van der Waals surface area contributed by atoms with E-state index in [0.717, 1.165) is 0 Å². The SMILES string of the molecule is CSc1c(F)ccc(C=O)c1Cl. The summed E-state index contributed by atoms with van der Waals surface area (Å²) >= 11 is 6.91. The number of benzene rings is 1. The highest BCUT2D eigenvalue weighted by atomic mass is 35.5. The number of hydrogen-bond acceptors (Lipinski definition) is 2. The van der Waals surface area contributed by atoms with E-state index >= 15 is 0 Å². The van der Waals surface area contributed by atoms with Crippen LogP contribution >= 0.6 is 23.4 Å². The lowest BCUT2D eigenvalue weighted by Crippen LogP contribution is -1.88. The van der Waals surface area contributed by atoms with Crippen molar-refractivity contribution in [3.63, 3.8) is 0 Å². The Bertz CT molecular complexity index is 314. The molecule has 12 heavy (non-hydrogen) atoms. The van der Waals surface area contributed by atoms with Crippen molar-refractivity contribution in [3.05, 3.63) is 28.5 Å². The Balaban J connectivity index is 3.33. The molecule has 0 aliphatic heterocycles. The van der Waals surface area contributed by atoms with Crippen molar-refractivity contribution in [3.8, 4) is 0 Å². The Morgan fingerprint density at radius 3 is 2.75 bits per heavy atom. The second kappa shape index (κ2) is 3.92. The molecular weight excluding hydrogens is 199 g/mol. The molecular formula is C8H6ClFOS. The van der Waals surface area contributed by atoms with Gasteiger partial charge in [-0.15, -0.1) is 11.8 Å². The highest BCUT2D eigenvalue weighted by Crippen LogP contribution is 2.30. The summed E-state index contributed by atoms with van der Waals surface area (Å²) in [5.41, 5.74) is 0.322. The van der Waals surface area contributed by atoms with Crippen LogP contribution in [-0.4, -0.2) is 12.5 Å². The average Bonchev–Trinajstić information content (AvgIpc) is 2.06. The van der Waals surface area contributed by atoms with Crippen LogP contribution < -0.4 is 0 Å². The normalized spacial score (nSPS) is 9.92. The number of carbonyl (C=O) groups excluding carboxylic acids is 1. The van der Waals surface area contributed by atoms with Crippen LogP contribution in [0.2, 0.25) is 5.02 Å². The molecule has 1 nitrogen and oxygen atoms in total. The van der Waals surface area contributed by atoms with Gasteiger partial charge in [-0.1, -0.05) is 11.6 Å². The maximum absolute atomic E-state index is 12.9. The molecule has 0 aliphatic rings. The summed E-state index contributed by atoms with van der Waals surface area (Å²) in [6, 6.07) is 2.60. The van der Waals surface area contributed by atoms with Gasteiger partial charge in [0, 0.05) is 5.56 Å². The Hall–Kier alpha value is -0.540. The van der Waals surface area contributed by atoms with Crippen LogP contribution in [0, 0.1) is 5.82 Å². The number of rotatable bonds is 2. The van der Waals surface area contributed by atoms with Crippen LogP contribution in [0.15, 0.2) is 17.0 Å². The second-order valence-electron chi connectivity index (χ2n) is 2.10. The molecule has 0 N–H and O–H groups in total. The zero-order valence-corrected chi connectivity index (χ0v) is 7.88. The van der Waals surface area contributed by atoms with E-state index in [0.29, 0.717) is 16.7 Å². The van der Waals surface area contributed by atoms with Crippen LogP contribution in [0.5, 0.6) is 0 Å². The Morgan fingerprint density at radius 2 is 2.25 bits per heavy atom. The molecule has 1 aromatic rings. The minimum absolute atomic E-state index is 0.192. The maximum atomic E-state index is 12.9. The third-order valence-electron chi connectivity index (χ3n) is 1.41.